The van der Waals surface area contributed by atoms with Gasteiger partial charge in [-0.3, -0.25) is 0 Å². The van der Waals surface area contributed by atoms with Crippen LogP contribution in [0, 0.1) is 16.7 Å². The minimum atomic E-state index is -0.535. The quantitative estimate of drug-likeness (QED) is 0.766. The van der Waals surface area contributed by atoms with Gasteiger partial charge in [0.1, 0.15) is 5.75 Å². The topological polar surface area (TPSA) is 65.3 Å². The van der Waals surface area contributed by atoms with Crippen LogP contribution in [0.2, 0.25) is 0 Å². The maximum Gasteiger partial charge on any atom is 0.118 e. The number of hydrogen-bond donors (Lipinski definition) is 2. The summed E-state index contributed by atoms with van der Waals surface area (Å²) in [6, 6.07) is 9.59. The molecular formula is C16H24N2O2. The Bertz CT molecular complexity index is 435. The summed E-state index contributed by atoms with van der Waals surface area (Å²) in [4.78, 5) is 0. The van der Waals surface area contributed by atoms with Gasteiger partial charge >= 0.3 is 0 Å². The summed E-state index contributed by atoms with van der Waals surface area (Å²) in [7, 11) is 1.62. The van der Waals surface area contributed by atoms with Crippen LogP contribution >= 0.6 is 0 Å². The largest absolute Gasteiger partial charge is 0.497 e. The lowest BCUT2D eigenvalue weighted by Crippen LogP contribution is -2.32. The zero-order chi connectivity index (χ0) is 15.0. The number of ether oxygens (including phenoxy) is 1. The number of methoxy groups -OCH3 is 1. The predicted octanol–water partition coefficient (Wildman–Crippen LogP) is 2.65. The van der Waals surface area contributed by atoms with Crippen molar-refractivity contribution in [3.8, 4) is 11.8 Å². The number of nitrogens with one attached hydrogen (secondary N) is 1. The van der Waals surface area contributed by atoms with Gasteiger partial charge in [-0.05, 0) is 29.5 Å². The van der Waals surface area contributed by atoms with Crippen LogP contribution < -0.4 is 10.1 Å². The zero-order valence-electron chi connectivity index (χ0n) is 12.5. The molecule has 2 N–H and O–H groups in total. The van der Waals surface area contributed by atoms with Gasteiger partial charge in [0.05, 0.1) is 19.3 Å². The Kier molecular flexibility index (Phi) is 6.50. The summed E-state index contributed by atoms with van der Waals surface area (Å²) in [5.74, 6) is 0.784. The van der Waals surface area contributed by atoms with Crippen molar-refractivity contribution in [2.75, 3.05) is 20.2 Å². The fourth-order valence-electron chi connectivity index (χ4n) is 1.97. The van der Waals surface area contributed by atoms with Crippen molar-refractivity contribution in [2.24, 2.45) is 5.41 Å². The van der Waals surface area contributed by atoms with E-state index in [1.807, 2.05) is 24.3 Å². The summed E-state index contributed by atoms with van der Waals surface area (Å²) < 4.78 is 5.09. The molecule has 0 fully saturated rings. The van der Waals surface area contributed by atoms with E-state index in [0.29, 0.717) is 13.0 Å². The molecule has 110 valence electrons. The standard InChI is InChI=1S/C16H24N2O2/c1-16(2,9-4-10-17)12-18-11-15(19)13-5-7-14(20-3)8-6-13/h5-8,15,18-19H,4,9,11-12H2,1-3H3. The average molecular weight is 276 g/mol. The molecule has 0 radical (unpaired) electrons. The van der Waals surface area contributed by atoms with Gasteiger partial charge in [-0.15, -0.1) is 0 Å². The van der Waals surface area contributed by atoms with Gasteiger partial charge in [-0.1, -0.05) is 26.0 Å². The van der Waals surface area contributed by atoms with Gasteiger partial charge in [0.2, 0.25) is 0 Å². The molecule has 0 aliphatic carbocycles. The number of nitriles is 1. The van der Waals surface area contributed by atoms with Gasteiger partial charge in [0.15, 0.2) is 0 Å². The summed E-state index contributed by atoms with van der Waals surface area (Å²) in [6.45, 7) is 5.53. The van der Waals surface area contributed by atoms with E-state index >= 15 is 0 Å². The van der Waals surface area contributed by atoms with Crippen molar-refractivity contribution in [2.45, 2.75) is 32.8 Å². The molecule has 0 aromatic heterocycles. The third kappa shape index (κ3) is 5.60. The van der Waals surface area contributed by atoms with E-state index in [-0.39, 0.29) is 5.41 Å². The molecule has 1 unspecified atom stereocenters. The van der Waals surface area contributed by atoms with Crippen LogP contribution in [-0.2, 0) is 0 Å². The molecule has 0 saturated carbocycles. The third-order valence-corrected chi connectivity index (χ3v) is 3.36. The molecule has 1 aromatic carbocycles. The average Bonchev–Trinajstić information content (AvgIpc) is 2.45. The van der Waals surface area contributed by atoms with Crippen LogP contribution in [0.3, 0.4) is 0 Å². The van der Waals surface area contributed by atoms with Gasteiger partial charge in [0.25, 0.3) is 0 Å². The predicted molar refractivity (Wildman–Crippen MR) is 79.5 cm³/mol. The highest BCUT2D eigenvalue weighted by Crippen LogP contribution is 2.21. The first-order valence-corrected chi connectivity index (χ1v) is 6.88. The van der Waals surface area contributed by atoms with Crippen molar-refractivity contribution in [1.82, 2.24) is 5.32 Å². The second kappa shape index (κ2) is 7.88. The molecule has 1 rings (SSSR count). The van der Waals surface area contributed by atoms with Crippen molar-refractivity contribution in [1.29, 1.82) is 5.26 Å². The van der Waals surface area contributed by atoms with Crippen LogP contribution in [-0.4, -0.2) is 25.3 Å². The second-order valence-corrected chi connectivity index (χ2v) is 5.74. The molecule has 20 heavy (non-hydrogen) atoms. The molecule has 0 aliphatic rings. The molecule has 1 aromatic rings. The lowest BCUT2D eigenvalue weighted by molar-refractivity contribution is 0.167. The monoisotopic (exact) mass is 276 g/mol. The maximum atomic E-state index is 10.1. The molecule has 0 saturated heterocycles. The van der Waals surface area contributed by atoms with Crippen molar-refractivity contribution < 1.29 is 9.84 Å². The number of rotatable bonds is 8. The van der Waals surface area contributed by atoms with Crippen molar-refractivity contribution in [3.63, 3.8) is 0 Å². The molecule has 4 heteroatoms. The molecule has 1 atom stereocenters. The lowest BCUT2D eigenvalue weighted by Gasteiger charge is -2.24. The minimum Gasteiger partial charge on any atom is -0.497 e. The number of aliphatic hydroxyl groups excluding tert-OH is 1. The molecule has 0 heterocycles. The van der Waals surface area contributed by atoms with Crippen molar-refractivity contribution in [3.05, 3.63) is 29.8 Å². The first kappa shape index (κ1) is 16.5. The van der Waals surface area contributed by atoms with E-state index in [1.165, 1.54) is 0 Å². The Morgan fingerprint density at radius 1 is 1.35 bits per heavy atom. The smallest absolute Gasteiger partial charge is 0.118 e. The van der Waals surface area contributed by atoms with E-state index in [4.69, 9.17) is 10.00 Å². The normalized spacial score (nSPS) is 12.8. The molecular weight excluding hydrogens is 252 g/mol. The van der Waals surface area contributed by atoms with Crippen LogP contribution in [0.1, 0.15) is 38.4 Å². The molecule has 0 spiro atoms. The van der Waals surface area contributed by atoms with E-state index in [2.05, 4.69) is 25.2 Å². The minimum absolute atomic E-state index is 0.0648. The highest BCUT2D eigenvalue weighted by Gasteiger charge is 2.17. The van der Waals surface area contributed by atoms with Gasteiger partial charge in [0, 0.05) is 19.5 Å². The Hall–Kier alpha value is -1.57. The fraction of sp³-hybridized carbons (Fsp3) is 0.562. The first-order chi connectivity index (χ1) is 9.48. The molecule has 4 nitrogen and oxygen atoms in total. The SMILES string of the molecule is COc1ccc(C(O)CNCC(C)(C)CCC#N)cc1. The highest BCUT2D eigenvalue weighted by atomic mass is 16.5. The first-order valence-electron chi connectivity index (χ1n) is 6.88. The Labute approximate surface area is 121 Å². The maximum absolute atomic E-state index is 10.1. The van der Waals surface area contributed by atoms with E-state index < -0.39 is 6.10 Å². The summed E-state index contributed by atoms with van der Waals surface area (Å²) in [6.07, 6.45) is 0.887. The van der Waals surface area contributed by atoms with Crippen LogP contribution in [0.4, 0.5) is 0 Å². The number of hydrogen-bond acceptors (Lipinski definition) is 4. The van der Waals surface area contributed by atoms with Gasteiger partial charge in [-0.25, -0.2) is 0 Å². The molecule has 0 bridgehead atoms. The van der Waals surface area contributed by atoms with Crippen LogP contribution in [0.15, 0.2) is 24.3 Å². The fourth-order valence-corrected chi connectivity index (χ4v) is 1.97. The van der Waals surface area contributed by atoms with E-state index in [1.54, 1.807) is 7.11 Å². The Morgan fingerprint density at radius 3 is 2.55 bits per heavy atom. The zero-order valence-corrected chi connectivity index (χ0v) is 12.5. The number of aliphatic hydroxyl groups is 1. The van der Waals surface area contributed by atoms with E-state index in [0.717, 1.165) is 24.3 Å². The molecule has 0 amide bonds. The number of nitrogens with zero attached hydrogens (tertiary/aromatic N) is 1. The molecule has 0 aliphatic heterocycles. The third-order valence-electron chi connectivity index (χ3n) is 3.36. The number of benzene rings is 1. The van der Waals surface area contributed by atoms with E-state index in [9.17, 15) is 5.11 Å². The van der Waals surface area contributed by atoms with Gasteiger partial charge < -0.3 is 15.2 Å². The van der Waals surface area contributed by atoms with Crippen molar-refractivity contribution >= 4 is 0 Å². The highest BCUT2D eigenvalue weighted by molar-refractivity contribution is 5.28. The summed E-state index contributed by atoms with van der Waals surface area (Å²) >= 11 is 0. The van der Waals surface area contributed by atoms with Gasteiger partial charge in [-0.2, -0.15) is 5.26 Å². The van der Waals surface area contributed by atoms with Crippen LogP contribution in [0.5, 0.6) is 5.75 Å². The Balaban J connectivity index is 2.39. The van der Waals surface area contributed by atoms with Crippen LogP contribution in [0.25, 0.3) is 0 Å². The summed E-state index contributed by atoms with van der Waals surface area (Å²) in [5.41, 5.74) is 0.933. The second-order valence-electron chi connectivity index (χ2n) is 5.74. The Morgan fingerprint density at radius 2 is 2.00 bits per heavy atom. The lowest BCUT2D eigenvalue weighted by atomic mass is 9.88. The summed E-state index contributed by atoms with van der Waals surface area (Å²) in [5, 5.41) is 22.0.